The maximum atomic E-state index is 12.2. The molecular formula is C19H20N2O7S. The maximum Gasteiger partial charge on any atom is 0.348 e. The highest BCUT2D eigenvalue weighted by molar-refractivity contribution is 7.18. The van der Waals surface area contributed by atoms with Gasteiger partial charge < -0.3 is 25.3 Å². The number of nitrogens with two attached hydrogens (primary N) is 1. The Hall–Kier alpha value is -3.40. The molecule has 2 aromatic rings. The van der Waals surface area contributed by atoms with Gasteiger partial charge in [0.1, 0.15) is 9.88 Å². The standard InChI is InChI=1S/C19H20N2O7S/c1-4-27-19(25)15-10(2)14(18(24)26-3)16(29-15)21-13(22)9-28-17(23)11-5-7-12(20)8-6-11/h5-8H,4,9,20H2,1-3H3,(H,21,22). The van der Waals surface area contributed by atoms with Crippen LogP contribution in [0, 0.1) is 6.92 Å². The number of rotatable bonds is 7. The molecule has 0 atom stereocenters. The van der Waals surface area contributed by atoms with Crippen LogP contribution >= 0.6 is 11.3 Å². The van der Waals surface area contributed by atoms with Gasteiger partial charge in [-0.3, -0.25) is 4.79 Å². The van der Waals surface area contributed by atoms with E-state index in [0.29, 0.717) is 11.3 Å². The van der Waals surface area contributed by atoms with Crippen LogP contribution in [0.3, 0.4) is 0 Å². The van der Waals surface area contributed by atoms with E-state index >= 15 is 0 Å². The molecule has 9 nitrogen and oxygen atoms in total. The van der Waals surface area contributed by atoms with E-state index in [4.69, 9.17) is 19.9 Å². The molecule has 2 rings (SSSR count). The number of benzene rings is 1. The molecule has 0 unspecified atom stereocenters. The molecule has 1 aromatic carbocycles. The summed E-state index contributed by atoms with van der Waals surface area (Å²) in [5.41, 5.74) is 6.64. The number of amides is 1. The van der Waals surface area contributed by atoms with Crippen molar-refractivity contribution in [3.8, 4) is 0 Å². The average molecular weight is 420 g/mol. The first-order chi connectivity index (χ1) is 13.8. The molecule has 154 valence electrons. The molecule has 29 heavy (non-hydrogen) atoms. The molecule has 0 radical (unpaired) electrons. The van der Waals surface area contributed by atoms with Crippen molar-refractivity contribution in [2.75, 3.05) is 31.4 Å². The van der Waals surface area contributed by atoms with E-state index in [0.717, 1.165) is 11.3 Å². The van der Waals surface area contributed by atoms with Crippen molar-refractivity contribution in [2.45, 2.75) is 13.8 Å². The summed E-state index contributed by atoms with van der Waals surface area (Å²) < 4.78 is 14.6. The molecule has 0 aliphatic carbocycles. The number of thiophene rings is 1. The van der Waals surface area contributed by atoms with Gasteiger partial charge in [0.2, 0.25) is 0 Å². The summed E-state index contributed by atoms with van der Waals surface area (Å²) in [5.74, 6) is -2.72. The molecule has 1 amide bonds. The molecule has 1 heterocycles. The Bertz CT molecular complexity index is 935. The van der Waals surface area contributed by atoms with Gasteiger partial charge in [0, 0.05) is 5.69 Å². The average Bonchev–Trinajstić information content (AvgIpc) is 3.02. The number of anilines is 2. The van der Waals surface area contributed by atoms with Gasteiger partial charge in [0.25, 0.3) is 5.91 Å². The fourth-order valence-electron chi connectivity index (χ4n) is 2.34. The quantitative estimate of drug-likeness (QED) is 0.396. The number of esters is 3. The summed E-state index contributed by atoms with van der Waals surface area (Å²) in [6.45, 7) is 2.77. The Balaban J connectivity index is 2.13. The first-order valence-corrected chi connectivity index (χ1v) is 9.31. The second-order valence-corrected chi connectivity index (χ2v) is 6.74. The molecule has 0 aliphatic heterocycles. The minimum Gasteiger partial charge on any atom is -0.465 e. The van der Waals surface area contributed by atoms with Crippen LogP contribution in [0.4, 0.5) is 10.7 Å². The predicted octanol–water partition coefficient (Wildman–Crippen LogP) is 2.40. The lowest BCUT2D eigenvalue weighted by Gasteiger charge is -2.07. The molecule has 0 fully saturated rings. The molecule has 0 bridgehead atoms. The minimum atomic E-state index is -0.719. The smallest absolute Gasteiger partial charge is 0.348 e. The number of carbonyl (C=O) groups is 4. The summed E-state index contributed by atoms with van der Waals surface area (Å²) in [5, 5.41) is 2.58. The topological polar surface area (TPSA) is 134 Å². The zero-order valence-corrected chi connectivity index (χ0v) is 16.9. The number of methoxy groups -OCH3 is 1. The fraction of sp³-hybridized carbons (Fsp3) is 0.263. The van der Waals surface area contributed by atoms with Crippen LogP contribution in [0.15, 0.2) is 24.3 Å². The van der Waals surface area contributed by atoms with Crippen LogP contribution in [-0.4, -0.2) is 44.1 Å². The van der Waals surface area contributed by atoms with Gasteiger partial charge in [0.15, 0.2) is 6.61 Å². The van der Waals surface area contributed by atoms with E-state index in [1.165, 1.54) is 31.4 Å². The third kappa shape index (κ3) is 5.32. The Kier molecular flexibility index (Phi) is 7.32. The van der Waals surface area contributed by atoms with Crippen molar-refractivity contribution in [1.29, 1.82) is 0 Å². The Morgan fingerprint density at radius 1 is 1.03 bits per heavy atom. The molecule has 10 heteroatoms. The number of hydrogen-bond acceptors (Lipinski definition) is 9. The zero-order chi connectivity index (χ0) is 21.6. The Labute approximate surface area is 170 Å². The SMILES string of the molecule is CCOC(=O)c1sc(NC(=O)COC(=O)c2ccc(N)cc2)c(C(=O)OC)c1C. The zero-order valence-electron chi connectivity index (χ0n) is 16.1. The number of ether oxygens (including phenoxy) is 3. The van der Waals surface area contributed by atoms with Gasteiger partial charge in [-0.15, -0.1) is 11.3 Å². The van der Waals surface area contributed by atoms with Crippen molar-refractivity contribution in [3.63, 3.8) is 0 Å². The largest absolute Gasteiger partial charge is 0.465 e. The summed E-state index contributed by atoms with van der Waals surface area (Å²) in [6.07, 6.45) is 0. The van der Waals surface area contributed by atoms with Crippen LogP contribution in [0.25, 0.3) is 0 Å². The Morgan fingerprint density at radius 2 is 1.69 bits per heavy atom. The van der Waals surface area contributed by atoms with Crippen molar-refractivity contribution >= 4 is 45.8 Å². The van der Waals surface area contributed by atoms with Gasteiger partial charge in [-0.1, -0.05) is 0 Å². The maximum absolute atomic E-state index is 12.2. The van der Waals surface area contributed by atoms with Gasteiger partial charge in [-0.25, -0.2) is 14.4 Å². The predicted molar refractivity (Wildman–Crippen MR) is 106 cm³/mol. The monoisotopic (exact) mass is 420 g/mol. The highest BCUT2D eigenvalue weighted by atomic mass is 32.1. The van der Waals surface area contributed by atoms with E-state index in [-0.39, 0.29) is 27.6 Å². The summed E-state index contributed by atoms with van der Waals surface area (Å²) in [4.78, 5) is 48.5. The molecule has 0 saturated carbocycles. The molecule has 1 aromatic heterocycles. The summed E-state index contributed by atoms with van der Waals surface area (Å²) >= 11 is 0.877. The van der Waals surface area contributed by atoms with E-state index in [1.807, 2.05) is 0 Å². The third-order valence-electron chi connectivity index (χ3n) is 3.73. The lowest BCUT2D eigenvalue weighted by molar-refractivity contribution is -0.119. The lowest BCUT2D eigenvalue weighted by atomic mass is 10.1. The van der Waals surface area contributed by atoms with Crippen LogP contribution in [-0.2, 0) is 19.0 Å². The van der Waals surface area contributed by atoms with E-state index in [9.17, 15) is 19.2 Å². The van der Waals surface area contributed by atoms with Gasteiger partial charge in [-0.2, -0.15) is 0 Å². The Morgan fingerprint density at radius 3 is 2.28 bits per heavy atom. The molecule has 0 saturated heterocycles. The van der Waals surface area contributed by atoms with Crippen LogP contribution in [0.2, 0.25) is 0 Å². The van der Waals surface area contributed by atoms with Crippen molar-refractivity contribution in [2.24, 2.45) is 0 Å². The first-order valence-electron chi connectivity index (χ1n) is 8.49. The molecule has 3 N–H and O–H groups in total. The highest BCUT2D eigenvalue weighted by Crippen LogP contribution is 2.34. The van der Waals surface area contributed by atoms with Crippen molar-refractivity contribution < 1.29 is 33.4 Å². The second-order valence-electron chi connectivity index (χ2n) is 5.72. The number of carbonyl (C=O) groups excluding carboxylic acids is 4. The van der Waals surface area contributed by atoms with E-state index in [2.05, 4.69) is 5.32 Å². The number of nitrogens with one attached hydrogen (secondary N) is 1. The highest BCUT2D eigenvalue weighted by Gasteiger charge is 2.27. The van der Waals surface area contributed by atoms with Gasteiger partial charge >= 0.3 is 17.9 Å². The second kappa shape index (κ2) is 9.69. The summed E-state index contributed by atoms with van der Waals surface area (Å²) in [6, 6.07) is 6.01. The van der Waals surface area contributed by atoms with E-state index < -0.39 is 30.4 Å². The van der Waals surface area contributed by atoms with Gasteiger partial charge in [-0.05, 0) is 43.7 Å². The van der Waals surface area contributed by atoms with Crippen LogP contribution < -0.4 is 11.1 Å². The minimum absolute atomic E-state index is 0.0405. The summed E-state index contributed by atoms with van der Waals surface area (Å²) in [7, 11) is 1.18. The normalized spacial score (nSPS) is 10.2. The third-order valence-corrected chi connectivity index (χ3v) is 4.92. The number of hydrogen-bond donors (Lipinski definition) is 2. The first kappa shape index (κ1) is 21.9. The van der Waals surface area contributed by atoms with Crippen LogP contribution in [0.5, 0.6) is 0 Å². The van der Waals surface area contributed by atoms with Gasteiger partial charge in [0.05, 0.1) is 24.8 Å². The lowest BCUT2D eigenvalue weighted by Crippen LogP contribution is -2.21. The van der Waals surface area contributed by atoms with Crippen molar-refractivity contribution in [3.05, 3.63) is 45.8 Å². The molecule has 0 spiro atoms. The van der Waals surface area contributed by atoms with Crippen LogP contribution in [0.1, 0.15) is 42.9 Å². The fourth-order valence-corrected chi connectivity index (χ4v) is 3.44. The molecule has 0 aliphatic rings. The van der Waals surface area contributed by atoms with E-state index in [1.54, 1.807) is 13.8 Å². The van der Waals surface area contributed by atoms with Crippen molar-refractivity contribution in [1.82, 2.24) is 0 Å². The molecular weight excluding hydrogens is 400 g/mol. The number of nitrogen functional groups attached to an aromatic ring is 1.